The third kappa shape index (κ3) is 8.13. The van der Waals surface area contributed by atoms with E-state index in [1.165, 1.54) is 12.1 Å². The molecule has 0 saturated heterocycles. The molecule has 3 N–H and O–H groups in total. The molecule has 0 saturated carbocycles. The second-order valence-electron chi connectivity index (χ2n) is 8.08. The number of alkyl halides is 6. The first-order valence-corrected chi connectivity index (χ1v) is 11.0. The molecule has 0 aliphatic heterocycles. The molecule has 0 unspecified atom stereocenters. The number of ether oxygens (including phenoxy) is 2. The van der Waals surface area contributed by atoms with Crippen LogP contribution in [-0.2, 0) is 17.5 Å². The molecule has 0 radical (unpaired) electrons. The van der Waals surface area contributed by atoms with Crippen molar-refractivity contribution >= 4 is 5.97 Å². The van der Waals surface area contributed by atoms with Gasteiger partial charge in [0.05, 0.1) is 25.8 Å². The largest absolute Gasteiger partial charge is 0.573 e. The van der Waals surface area contributed by atoms with Crippen LogP contribution in [0.1, 0.15) is 30.5 Å². The smallest absolute Gasteiger partial charge is 0.493 e. The topological polar surface area (TPSA) is 99.6 Å². The van der Waals surface area contributed by atoms with Crippen LogP contribution < -0.4 is 15.2 Å². The Morgan fingerprint density at radius 2 is 1.73 bits per heavy atom. The standard InChI is InChI=1S/C24H23F6N3O4/c25-23(26,27)20-13-32-22(15-7-9-18(10-8-15)37-24(28,29)30)33(20)14-16-4-1-2-6-19(16)36-11-3-5-17(31)12-21(34)35/h1-2,4,6-10,13,17H,3,5,11-12,14,31H2,(H,34,35)/t17-/m1/s1. The van der Waals surface area contributed by atoms with E-state index in [4.69, 9.17) is 15.6 Å². The molecule has 1 aromatic heterocycles. The summed E-state index contributed by atoms with van der Waals surface area (Å²) in [6.45, 7) is -0.131. The molecule has 3 rings (SSSR count). The molecule has 0 amide bonds. The molecule has 0 aliphatic carbocycles. The summed E-state index contributed by atoms with van der Waals surface area (Å²) in [5, 5.41) is 8.77. The van der Waals surface area contributed by atoms with Crippen LogP contribution in [-0.4, -0.2) is 39.6 Å². The Morgan fingerprint density at radius 3 is 2.35 bits per heavy atom. The average Bonchev–Trinajstić information content (AvgIpc) is 3.21. The van der Waals surface area contributed by atoms with Crippen LogP contribution in [0, 0.1) is 0 Å². The summed E-state index contributed by atoms with van der Waals surface area (Å²) in [5.74, 6) is -1.33. The van der Waals surface area contributed by atoms with Crippen molar-refractivity contribution in [3.63, 3.8) is 0 Å². The van der Waals surface area contributed by atoms with Crippen molar-refractivity contribution in [1.82, 2.24) is 9.55 Å². The molecule has 0 bridgehead atoms. The number of aromatic nitrogens is 2. The number of carboxylic acid groups (broad SMARTS) is 1. The quantitative estimate of drug-likeness (QED) is 0.251. The number of nitrogens with zero attached hydrogens (tertiary/aromatic N) is 2. The first-order chi connectivity index (χ1) is 17.3. The summed E-state index contributed by atoms with van der Waals surface area (Å²) >= 11 is 0. The lowest BCUT2D eigenvalue weighted by Gasteiger charge is -2.17. The van der Waals surface area contributed by atoms with E-state index < -0.39 is 36.0 Å². The third-order valence-corrected chi connectivity index (χ3v) is 5.21. The molecule has 1 heterocycles. The molecule has 7 nitrogen and oxygen atoms in total. The summed E-state index contributed by atoms with van der Waals surface area (Å²) in [6, 6.07) is 10.2. The summed E-state index contributed by atoms with van der Waals surface area (Å²) in [5.41, 5.74) is 5.23. The first-order valence-electron chi connectivity index (χ1n) is 11.0. The van der Waals surface area contributed by atoms with Crippen molar-refractivity contribution in [3.05, 3.63) is 66.0 Å². The number of aliphatic carboxylic acids is 1. The van der Waals surface area contributed by atoms with E-state index in [0.29, 0.717) is 30.4 Å². The van der Waals surface area contributed by atoms with E-state index in [1.807, 2.05) is 0 Å². The predicted octanol–water partition coefficient (Wildman–Crippen LogP) is 5.48. The lowest BCUT2D eigenvalue weighted by Crippen LogP contribution is -2.24. The number of carboxylic acids is 1. The fourth-order valence-corrected chi connectivity index (χ4v) is 3.60. The van der Waals surface area contributed by atoms with Crippen LogP contribution in [0.25, 0.3) is 11.4 Å². The Balaban J connectivity index is 1.83. The predicted molar refractivity (Wildman–Crippen MR) is 120 cm³/mol. The molecule has 13 heteroatoms. The van der Waals surface area contributed by atoms with Crippen molar-refractivity contribution in [3.8, 4) is 22.9 Å². The second kappa shape index (κ2) is 11.5. The zero-order valence-electron chi connectivity index (χ0n) is 19.2. The van der Waals surface area contributed by atoms with Gasteiger partial charge in [0.15, 0.2) is 0 Å². The number of nitrogens with two attached hydrogens (primary N) is 1. The van der Waals surface area contributed by atoms with Gasteiger partial charge >= 0.3 is 18.5 Å². The van der Waals surface area contributed by atoms with Gasteiger partial charge in [-0.2, -0.15) is 13.2 Å². The van der Waals surface area contributed by atoms with Crippen LogP contribution in [0.2, 0.25) is 0 Å². The molecule has 0 fully saturated rings. The maximum atomic E-state index is 13.8. The normalized spacial score (nSPS) is 12.8. The minimum atomic E-state index is -4.91. The number of benzene rings is 2. The van der Waals surface area contributed by atoms with Crippen LogP contribution in [0.5, 0.6) is 11.5 Å². The first kappa shape index (κ1) is 27.8. The number of hydrogen-bond acceptors (Lipinski definition) is 5. The summed E-state index contributed by atoms with van der Waals surface area (Å²) in [7, 11) is 0. The number of halogens is 6. The molecule has 3 aromatic rings. The Hall–Kier alpha value is -3.74. The summed E-state index contributed by atoms with van der Waals surface area (Å²) in [6.07, 6.45) is -8.38. The summed E-state index contributed by atoms with van der Waals surface area (Å²) < 4.78 is 89.0. The van der Waals surface area contributed by atoms with Crippen molar-refractivity contribution in [1.29, 1.82) is 0 Å². The van der Waals surface area contributed by atoms with Gasteiger partial charge in [0.1, 0.15) is 23.0 Å². The highest BCUT2D eigenvalue weighted by atomic mass is 19.4. The minimum Gasteiger partial charge on any atom is -0.493 e. The van der Waals surface area contributed by atoms with E-state index in [-0.39, 0.29) is 31.0 Å². The van der Waals surface area contributed by atoms with Crippen molar-refractivity contribution < 1.29 is 45.7 Å². The molecule has 2 aromatic carbocycles. The van der Waals surface area contributed by atoms with Gasteiger partial charge in [0, 0.05) is 17.2 Å². The maximum Gasteiger partial charge on any atom is 0.573 e. The van der Waals surface area contributed by atoms with Gasteiger partial charge in [-0.15, -0.1) is 13.2 Å². The van der Waals surface area contributed by atoms with Gasteiger partial charge < -0.3 is 24.9 Å². The van der Waals surface area contributed by atoms with E-state index in [1.54, 1.807) is 24.3 Å². The second-order valence-corrected chi connectivity index (χ2v) is 8.08. The monoisotopic (exact) mass is 531 g/mol. The molecular weight excluding hydrogens is 508 g/mol. The molecular formula is C24H23F6N3O4. The Kier molecular flexibility index (Phi) is 8.69. The zero-order valence-corrected chi connectivity index (χ0v) is 19.2. The summed E-state index contributed by atoms with van der Waals surface area (Å²) in [4.78, 5) is 14.6. The van der Waals surface area contributed by atoms with Crippen LogP contribution in [0.3, 0.4) is 0 Å². The van der Waals surface area contributed by atoms with Crippen LogP contribution >= 0.6 is 0 Å². The highest BCUT2D eigenvalue weighted by molar-refractivity contribution is 5.67. The fraction of sp³-hybridized carbons (Fsp3) is 0.333. The van der Waals surface area contributed by atoms with Gasteiger partial charge in [-0.3, -0.25) is 4.79 Å². The average molecular weight is 531 g/mol. The van der Waals surface area contributed by atoms with Crippen molar-refractivity contribution in [2.75, 3.05) is 6.61 Å². The Bertz CT molecular complexity index is 1190. The molecule has 0 aliphatic rings. The van der Waals surface area contributed by atoms with Crippen molar-refractivity contribution in [2.45, 2.75) is 44.4 Å². The SMILES string of the molecule is N[C@H](CCCOc1ccccc1Cn1c(C(F)(F)F)cnc1-c1ccc(OC(F)(F)F)cc1)CC(=O)O. The molecule has 0 spiro atoms. The van der Waals surface area contributed by atoms with E-state index >= 15 is 0 Å². The van der Waals surface area contributed by atoms with Gasteiger partial charge in [-0.25, -0.2) is 4.98 Å². The zero-order chi connectivity index (χ0) is 27.2. The fourth-order valence-electron chi connectivity index (χ4n) is 3.60. The third-order valence-electron chi connectivity index (χ3n) is 5.21. The van der Waals surface area contributed by atoms with Gasteiger partial charge in [0.2, 0.25) is 0 Å². The van der Waals surface area contributed by atoms with Crippen LogP contribution in [0.15, 0.2) is 54.7 Å². The molecule has 37 heavy (non-hydrogen) atoms. The molecule has 200 valence electrons. The van der Waals surface area contributed by atoms with Crippen molar-refractivity contribution in [2.24, 2.45) is 5.73 Å². The van der Waals surface area contributed by atoms with E-state index in [2.05, 4.69) is 9.72 Å². The van der Waals surface area contributed by atoms with E-state index in [0.717, 1.165) is 16.7 Å². The number of para-hydroxylation sites is 1. The Morgan fingerprint density at radius 1 is 1.05 bits per heavy atom. The Labute approximate surface area is 207 Å². The van der Waals surface area contributed by atoms with Gasteiger partial charge in [-0.05, 0) is 43.2 Å². The minimum absolute atomic E-state index is 0.111. The maximum absolute atomic E-state index is 13.8. The van der Waals surface area contributed by atoms with Gasteiger partial charge in [0.25, 0.3) is 0 Å². The number of imidazole rings is 1. The lowest BCUT2D eigenvalue weighted by molar-refractivity contribution is -0.274. The van der Waals surface area contributed by atoms with Gasteiger partial charge in [-0.1, -0.05) is 18.2 Å². The van der Waals surface area contributed by atoms with E-state index in [9.17, 15) is 31.1 Å². The lowest BCUT2D eigenvalue weighted by atomic mass is 10.1. The number of hydrogen-bond donors (Lipinski definition) is 2. The number of rotatable bonds is 11. The molecule has 1 atom stereocenters. The van der Waals surface area contributed by atoms with Crippen LogP contribution in [0.4, 0.5) is 26.3 Å². The highest BCUT2D eigenvalue weighted by Crippen LogP contribution is 2.35. The number of carbonyl (C=O) groups is 1. The highest BCUT2D eigenvalue weighted by Gasteiger charge is 2.36.